The van der Waals surface area contributed by atoms with Crippen molar-refractivity contribution in [2.75, 3.05) is 38.3 Å². The van der Waals surface area contributed by atoms with Crippen molar-refractivity contribution in [2.24, 2.45) is 5.92 Å². The van der Waals surface area contributed by atoms with Crippen LogP contribution in [0.25, 0.3) is 10.2 Å². The Kier molecular flexibility index (Phi) is 4.14. The largest absolute Gasteiger partial charge is 0.383 e. The normalized spacial score (nSPS) is 24.0. The SMILES string of the molecule is COCCN1C(=O)[C@H]2CC[C@@H]1CN(c1nc(C)nc3sccc13)C2. The van der Waals surface area contributed by atoms with Crippen LogP contribution in [0.4, 0.5) is 5.82 Å². The van der Waals surface area contributed by atoms with Crippen LogP contribution in [0.3, 0.4) is 0 Å². The van der Waals surface area contributed by atoms with Crippen molar-refractivity contribution in [3.63, 3.8) is 0 Å². The molecule has 7 heteroatoms. The molecule has 5 rings (SSSR count). The quantitative estimate of drug-likeness (QED) is 0.848. The maximum Gasteiger partial charge on any atom is 0.227 e. The molecule has 24 heavy (non-hydrogen) atoms. The Hall–Kier alpha value is -1.73. The summed E-state index contributed by atoms with van der Waals surface area (Å²) in [6, 6.07) is 2.34. The fourth-order valence-electron chi connectivity index (χ4n) is 3.88. The average Bonchev–Trinajstić information content (AvgIpc) is 2.86. The molecule has 1 amide bonds. The zero-order chi connectivity index (χ0) is 16.7. The number of ether oxygens (including phenoxy) is 1. The van der Waals surface area contributed by atoms with Gasteiger partial charge >= 0.3 is 0 Å². The van der Waals surface area contributed by atoms with Crippen molar-refractivity contribution in [3.8, 4) is 0 Å². The molecule has 0 saturated carbocycles. The van der Waals surface area contributed by atoms with Crippen LogP contribution in [-0.4, -0.2) is 60.2 Å². The molecule has 3 saturated heterocycles. The number of rotatable bonds is 4. The fourth-order valence-corrected chi connectivity index (χ4v) is 4.69. The molecule has 3 aliphatic heterocycles. The molecule has 0 N–H and O–H groups in total. The lowest BCUT2D eigenvalue weighted by Crippen LogP contribution is -2.49. The molecule has 2 aromatic heterocycles. The lowest BCUT2D eigenvalue weighted by Gasteiger charge is -2.35. The Bertz CT molecular complexity index is 762. The van der Waals surface area contributed by atoms with Gasteiger partial charge in [0.25, 0.3) is 0 Å². The molecule has 6 nitrogen and oxygen atoms in total. The summed E-state index contributed by atoms with van der Waals surface area (Å²) in [6.45, 7) is 4.80. The van der Waals surface area contributed by atoms with Gasteiger partial charge in [0, 0.05) is 32.8 Å². The average molecular weight is 346 g/mol. The van der Waals surface area contributed by atoms with Gasteiger partial charge in [-0.1, -0.05) is 0 Å². The van der Waals surface area contributed by atoms with Crippen LogP contribution in [-0.2, 0) is 9.53 Å². The highest BCUT2D eigenvalue weighted by atomic mass is 32.1. The number of methoxy groups -OCH3 is 1. The van der Waals surface area contributed by atoms with E-state index in [0.717, 1.165) is 47.8 Å². The first-order chi connectivity index (χ1) is 11.7. The van der Waals surface area contributed by atoms with Crippen LogP contribution in [0, 0.1) is 12.8 Å². The molecule has 0 spiro atoms. The van der Waals surface area contributed by atoms with Crippen LogP contribution in [0.15, 0.2) is 11.4 Å². The number of aryl methyl sites for hydroxylation is 1. The second-order valence-corrected chi connectivity index (χ2v) is 7.49. The van der Waals surface area contributed by atoms with Crippen molar-refractivity contribution in [3.05, 3.63) is 17.3 Å². The van der Waals surface area contributed by atoms with E-state index >= 15 is 0 Å². The summed E-state index contributed by atoms with van der Waals surface area (Å²) in [5, 5.41) is 3.16. The van der Waals surface area contributed by atoms with E-state index in [0.29, 0.717) is 13.2 Å². The molecule has 2 bridgehead atoms. The molecule has 128 valence electrons. The molecule has 0 aliphatic carbocycles. The van der Waals surface area contributed by atoms with Gasteiger partial charge in [0.2, 0.25) is 5.91 Å². The van der Waals surface area contributed by atoms with Crippen molar-refractivity contribution in [2.45, 2.75) is 25.8 Å². The molecule has 2 atom stereocenters. The summed E-state index contributed by atoms with van der Waals surface area (Å²) in [5.74, 6) is 2.11. The number of nitrogens with zero attached hydrogens (tertiary/aromatic N) is 4. The van der Waals surface area contributed by atoms with Crippen molar-refractivity contribution < 1.29 is 9.53 Å². The first-order valence-corrected chi connectivity index (χ1v) is 9.31. The standard InChI is InChI=1S/C17H22N4O2S/c1-11-18-15(14-5-8-24-16(14)19-11)20-9-12-3-4-13(10-20)21(17(12)22)6-7-23-2/h5,8,12-13H,3-4,6-7,9-10H2,1-2H3/t12-,13+/m0/s1. The zero-order valence-electron chi connectivity index (χ0n) is 14.1. The van der Waals surface area contributed by atoms with E-state index in [1.165, 1.54) is 0 Å². The first-order valence-electron chi connectivity index (χ1n) is 8.43. The van der Waals surface area contributed by atoms with Gasteiger partial charge in [-0.25, -0.2) is 9.97 Å². The second kappa shape index (κ2) is 6.29. The minimum atomic E-state index is 0.0598. The van der Waals surface area contributed by atoms with Gasteiger partial charge in [0.15, 0.2) is 0 Å². The third kappa shape index (κ3) is 2.65. The van der Waals surface area contributed by atoms with E-state index in [1.54, 1.807) is 18.4 Å². The number of anilines is 1. The van der Waals surface area contributed by atoms with E-state index in [2.05, 4.69) is 21.3 Å². The van der Waals surface area contributed by atoms with Gasteiger partial charge in [-0.2, -0.15) is 0 Å². The Labute approximate surface area is 145 Å². The molecular formula is C17H22N4O2S. The monoisotopic (exact) mass is 346 g/mol. The van der Waals surface area contributed by atoms with Crippen LogP contribution in [0.5, 0.6) is 0 Å². The summed E-state index contributed by atoms with van der Waals surface area (Å²) >= 11 is 1.64. The molecule has 5 heterocycles. The van der Waals surface area contributed by atoms with Crippen molar-refractivity contribution in [1.29, 1.82) is 0 Å². The van der Waals surface area contributed by atoms with Gasteiger partial charge in [-0.3, -0.25) is 4.79 Å². The number of thiophene rings is 1. The van der Waals surface area contributed by atoms with Crippen LogP contribution >= 0.6 is 11.3 Å². The lowest BCUT2D eigenvalue weighted by molar-refractivity contribution is -0.140. The second-order valence-electron chi connectivity index (χ2n) is 6.59. The third-order valence-corrected chi connectivity index (χ3v) is 5.85. The van der Waals surface area contributed by atoms with Gasteiger partial charge in [-0.15, -0.1) is 11.3 Å². The molecule has 3 fully saturated rings. The Morgan fingerprint density at radius 3 is 3.04 bits per heavy atom. The van der Waals surface area contributed by atoms with Crippen molar-refractivity contribution in [1.82, 2.24) is 14.9 Å². The molecule has 3 aliphatic rings. The summed E-state index contributed by atoms with van der Waals surface area (Å²) in [7, 11) is 1.68. The smallest absolute Gasteiger partial charge is 0.227 e. The highest BCUT2D eigenvalue weighted by molar-refractivity contribution is 7.16. The Balaban J connectivity index is 1.68. The maximum absolute atomic E-state index is 12.8. The van der Waals surface area contributed by atoms with E-state index in [4.69, 9.17) is 9.72 Å². The minimum Gasteiger partial charge on any atom is -0.383 e. The third-order valence-electron chi connectivity index (χ3n) is 5.05. The zero-order valence-corrected chi connectivity index (χ0v) is 14.9. The predicted molar refractivity (Wildman–Crippen MR) is 94.5 cm³/mol. The van der Waals surface area contributed by atoms with E-state index in [1.807, 2.05) is 11.8 Å². The molecule has 0 aromatic carbocycles. The highest BCUT2D eigenvalue weighted by Crippen LogP contribution is 2.34. The number of fused-ring (bicyclic) bond motifs is 5. The first kappa shape index (κ1) is 15.8. The minimum absolute atomic E-state index is 0.0598. The molecular weight excluding hydrogens is 324 g/mol. The number of amides is 1. The summed E-state index contributed by atoms with van der Waals surface area (Å²) < 4.78 is 5.19. The number of hydrogen-bond acceptors (Lipinski definition) is 6. The highest BCUT2D eigenvalue weighted by Gasteiger charge is 2.41. The topological polar surface area (TPSA) is 58.6 Å². The van der Waals surface area contributed by atoms with Crippen molar-refractivity contribution >= 4 is 33.3 Å². The number of aromatic nitrogens is 2. The predicted octanol–water partition coefficient (Wildman–Crippen LogP) is 2.07. The van der Waals surface area contributed by atoms with E-state index in [9.17, 15) is 4.79 Å². The molecule has 0 radical (unpaired) electrons. The summed E-state index contributed by atoms with van der Waals surface area (Å²) in [6.07, 6.45) is 2.04. The van der Waals surface area contributed by atoms with Crippen LogP contribution < -0.4 is 4.90 Å². The molecule has 0 unspecified atom stereocenters. The van der Waals surface area contributed by atoms with Gasteiger partial charge in [0.1, 0.15) is 16.5 Å². The number of hydrogen-bond donors (Lipinski definition) is 0. The van der Waals surface area contributed by atoms with Gasteiger partial charge in [0.05, 0.1) is 17.9 Å². The van der Waals surface area contributed by atoms with Crippen LogP contribution in [0.1, 0.15) is 18.7 Å². The number of carbonyl (C=O) groups is 1. The Morgan fingerprint density at radius 1 is 1.33 bits per heavy atom. The summed E-state index contributed by atoms with van der Waals surface area (Å²) in [4.78, 5) is 27.4. The maximum atomic E-state index is 12.8. The van der Waals surface area contributed by atoms with Crippen LogP contribution in [0.2, 0.25) is 0 Å². The number of piperidine rings is 1. The lowest BCUT2D eigenvalue weighted by atomic mass is 9.94. The van der Waals surface area contributed by atoms with Gasteiger partial charge < -0.3 is 14.5 Å². The summed E-state index contributed by atoms with van der Waals surface area (Å²) in [5.41, 5.74) is 0. The fraction of sp³-hybridized carbons (Fsp3) is 0.588. The number of carbonyl (C=O) groups excluding carboxylic acids is 1. The Morgan fingerprint density at radius 2 is 2.21 bits per heavy atom. The van der Waals surface area contributed by atoms with E-state index < -0.39 is 0 Å². The molecule has 2 aromatic rings. The van der Waals surface area contributed by atoms with Gasteiger partial charge in [-0.05, 0) is 31.2 Å². The van der Waals surface area contributed by atoms with E-state index in [-0.39, 0.29) is 17.9 Å².